The molecule has 1 fully saturated rings. The van der Waals surface area contributed by atoms with Gasteiger partial charge in [0.15, 0.2) is 11.6 Å². The van der Waals surface area contributed by atoms with Gasteiger partial charge >= 0.3 is 0 Å². The Morgan fingerprint density at radius 2 is 2.25 bits per heavy atom. The second-order valence-corrected chi connectivity index (χ2v) is 3.96. The third-order valence-electron chi connectivity index (χ3n) is 2.71. The molecule has 2 atom stereocenters. The number of hydrogen-bond donors (Lipinski definition) is 1. The quantitative estimate of drug-likeness (QED) is 0.830. The van der Waals surface area contributed by atoms with Gasteiger partial charge in [-0.25, -0.2) is 4.39 Å². The molecule has 4 heteroatoms. The summed E-state index contributed by atoms with van der Waals surface area (Å²) in [6.45, 7) is 0. The summed E-state index contributed by atoms with van der Waals surface area (Å²) in [7, 11) is 0. The first-order valence-corrected chi connectivity index (χ1v) is 5.23. The Hall–Kier alpha value is -1.60. The molecule has 1 aliphatic rings. The van der Waals surface area contributed by atoms with Crippen molar-refractivity contribution in [1.29, 1.82) is 5.26 Å². The second-order valence-electron chi connectivity index (χ2n) is 3.96. The van der Waals surface area contributed by atoms with Crippen molar-refractivity contribution in [2.45, 2.75) is 31.5 Å². The Balaban J connectivity index is 2.08. The van der Waals surface area contributed by atoms with E-state index in [1.165, 1.54) is 12.1 Å². The lowest BCUT2D eigenvalue weighted by molar-refractivity contribution is 0.147. The minimum Gasteiger partial charge on any atom is -0.487 e. The highest BCUT2D eigenvalue weighted by atomic mass is 19.1. The first kappa shape index (κ1) is 10.9. The fraction of sp³-hybridized carbons (Fsp3) is 0.417. The molecular formula is C12H12FNO2. The van der Waals surface area contributed by atoms with Gasteiger partial charge in [0.2, 0.25) is 0 Å². The maximum atomic E-state index is 13.4. The van der Waals surface area contributed by atoms with Crippen molar-refractivity contribution in [3.05, 3.63) is 29.6 Å². The zero-order valence-corrected chi connectivity index (χ0v) is 8.69. The molecule has 1 aliphatic carbocycles. The van der Waals surface area contributed by atoms with Crippen LogP contribution in [0.25, 0.3) is 0 Å². The van der Waals surface area contributed by atoms with Crippen molar-refractivity contribution in [3.63, 3.8) is 0 Å². The van der Waals surface area contributed by atoms with E-state index >= 15 is 0 Å². The highest BCUT2D eigenvalue weighted by molar-refractivity contribution is 5.36. The Morgan fingerprint density at radius 3 is 2.81 bits per heavy atom. The maximum absolute atomic E-state index is 13.4. The molecule has 16 heavy (non-hydrogen) atoms. The highest BCUT2D eigenvalue weighted by Gasteiger charge is 2.25. The van der Waals surface area contributed by atoms with Crippen LogP contribution in [0.5, 0.6) is 5.75 Å². The van der Waals surface area contributed by atoms with E-state index in [4.69, 9.17) is 10.00 Å². The monoisotopic (exact) mass is 221 g/mol. The third-order valence-corrected chi connectivity index (χ3v) is 2.71. The van der Waals surface area contributed by atoms with E-state index in [9.17, 15) is 9.50 Å². The van der Waals surface area contributed by atoms with Crippen LogP contribution in [-0.4, -0.2) is 17.3 Å². The van der Waals surface area contributed by atoms with E-state index in [1.807, 2.05) is 6.07 Å². The maximum Gasteiger partial charge on any atom is 0.166 e. The Kier molecular flexibility index (Phi) is 3.07. The standard InChI is InChI=1S/C12H12FNO2/c13-11-5-8(7-14)1-4-12(11)16-10-3-2-9(15)6-10/h1,4-5,9-10,15H,2-3,6H2. The Labute approximate surface area is 93.1 Å². The van der Waals surface area contributed by atoms with Gasteiger partial charge in [0.05, 0.1) is 17.7 Å². The molecule has 0 aliphatic heterocycles. The normalized spacial score (nSPS) is 24.1. The number of nitriles is 1. The van der Waals surface area contributed by atoms with Crippen LogP contribution in [0.3, 0.4) is 0 Å². The zero-order chi connectivity index (χ0) is 11.5. The van der Waals surface area contributed by atoms with Crippen molar-refractivity contribution in [2.75, 3.05) is 0 Å². The van der Waals surface area contributed by atoms with Gasteiger partial charge in [0.25, 0.3) is 0 Å². The smallest absolute Gasteiger partial charge is 0.166 e. The average molecular weight is 221 g/mol. The molecule has 0 radical (unpaired) electrons. The molecule has 3 nitrogen and oxygen atoms in total. The van der Waals surface area contributed by atoms with E-state index in [0.717, 1.165) is 12.5 Å². The van der Waals surface area contributed by atoms with Gasteiger partial charge in [0.1, 0.15) is 6.10 Å². The van der Waals surface area contributed by atoms with E-state index < -0.39 is 5.82 Å². The SMILES string of the molecule is N#Cc1ccc(OC2CCC(O)C2)c(F)c1. The van der Waals surface area contributed by atoms with E-state index in [2.05, 4.69) is 0 Å². The molecule has 1 N–H and O–H groups in total. The molecule has 0 aromatic heterocycles. The minimum absolute atomic E-state index is 0.127. The van der Waals surface area contributed by atoms with E-state index in [-0.39, 0.29) is 23.5 Å². The Bertz CT molecular complexity index is 428. The van der Waals surface area contributed by atoms with Crippen LogP contribution in [0.2, 0.25) is 0 Å². The number of ether oxygens (including phenoxy) is 1. The van der Waals surface area contributed by atoms with Crippen molar-refractivity contribution in [3.8, 4) is 11.8 Å². The lowest BCUT2D eigenvalue weighted by Crippen LogP contribution is -2.14. The number of halogens is 1. The molecule has 0 bridgehead atoms. The van der Waals surface area contributed by atoms with Crippen molar-refractivity contribution < 1.29 is 14.2 Å². The van der Waals surface area contributed by atoms with Gasteiger partial charge in [-0.2, -0.15) is 5.26 Å². The van der Waals surface area contributed by atoms with Crippen molar-refractivity contribution in [2.24, 2.45) is 0 Å². The van der Waals surface area contributed by atoms with Crippen molar-refractivity contribution in [1.82, 2.24) is 0 Å². The predicted octanol–water partition coefficient (Wildman–Crippen LogP) is 1.99. The Morgan fingerprint density at radius 1 is 1.44 bits per heavy atom. The number of nitrogens with zero attached hydrogens (tertiary/aromatic N) is 1. The summed E-state index contributed by atoms with van der Waals surface area (Å²) < 4.78 is 18.9. The van der Waals surface area contributed by atoms with Crippen LogP contribution in [0.1, 0.15) is 24.8 Å². The number of benzene rings is 1. The summed E-state index contributed by atoms with van der Waals surface area (Å²) in [5.74, 6) is -0.376. The summed E-state index contributed by atoms with van der Waals surface area (Å²) in [4.78, 5) is 0. The second kappa shape index (κ2) is 4.50. The molecule has 0 saturated heterocycles. The van der Waals surface area contributed by atoms with Gasteiger partial charge in [0, 0.05) is 6.42 Å². The number of aliphatic hydroxyl groups excluding tert-OH is 1. The molecule has 1 aromatic carbocycles. The largest absolute Gasteiger partial charge is 0.487 e. The van der Waals surface area contributed by atoms with E-state index in [1.54, 1.807) is 0 Å². The molecule has 2 unspecified atom stereocenters. The first-order chi connectivity index (χ1) is 7.69. The summed E-state index contributed by atoms with van der Waals surface area (Å²) in [5, 5.41) is 17.9. The average Bonchev–Trinajstić information content (AvgIpc) is 2.67. The van der Waals surface area contributed by atoms with Gasteiger partial charge in [-0.1, -0.05) is 0 Å². The van der Waals surface area contributed by atoms with Gasteiger partial charge < -0.3 is 9.84 Å². The zero-order valence-electron chi connectivity index (χ0n) is 8.69. The van der Waals surface area contributed by atoms with Crippen molar-refractivity contribution >= 4 is 0 Å². The lowest BCUT2D eigenvalue weighted by atomic mass is 10.2. The van der Waals surface area contributed by atoms with Gasteiger partial charge in [-0.3, -0.25) is 0 Å². The molecule has 0 spiro atoms. The number of hydrogen-bond acceptors (Lipinski definition) is 3. The molecule has 2 rings (SSSR count). The minimum atomic E-state index is -0.527. The summed E-state index contributed by atoms with van der Waals surface area (Å²) in [6.07, 6.45) is 1.51. The van der Waals surface area contributed by atoms with Crippen LogP contribution in [-0.2, 0) is 0 Å². The number of aliphatic hydroxyl groups is 1. The summed E-state index contributed by atoms with van der Waals surface area (Å²) in [6, 6.07) is 5.99. The highest BCUT2D eigenvalue weighted by Crippen LogP contribution is 2.26. The summed E-state index contributed by atoms with van der Waals surface area (Å²) in [5.41, 5.74) is 0.274. The van der Waals surface area contributed by atoms with Gasteiger partial charge in [-0.05, 0) is 31.0 Å². The predicted molar refractivity (Wildman–Crippen MR) is 55.4 cm³/mol. The van der Waals surface area contributed by atoms with Crippen LogP contribution in [0.4, 0.5) is 4.39 Å². The molecule has 0 amide bonds. The molecule has 0 heterocycles. The third kappa shape index (κ3) is 2.31. The molecule has 84 valence electrons. The molecule has 1 aromatic rings. The fourth-order valence-electron chi connectivity index (χ4n) is 1.87. The topological polar surface area (TPSA) is 53.2 Å². The van der Waals surface area contributed by atoms with E-state index in [0.29, 0.717) is 12.8 Å². The first-order valence-electron chi connectivity index (χ1n) is 5.23. The van der Waals surface area contributed by atoms with Gasteiger partial charge in [-0.15, -0.1) is 0 Å². The van der Waals surface area contributed by atoms with Crippen LogP contribution in [0.15, 0.2) is 18.2 Å². The fourth-order valence-corrected chi connectivity index (χ4v) is 1.87. The summed E-state index contributed by atoms with van der Waals surface area (Å²) >= 11 is 0. The van der Waals surface area contributed by atoms with Crippen LogP contribution < -0.4 is 4.74 Å². The molecule has 1 saturated carbocycles. The van der Waals surface area contributed by atoms with Crippen LogP contribution in [0, 0.1) is 17.1 Å². The molecular weight excluding hydrogens is 209 g/mol. The number of rotatable bonds is 2. The lowest BCUT2D eigenvalue weighted by Gasteiger charge is -2.13. The van der Waals surface area contributed by atoms with Crippen LogP contribution >= 0.6 is 0 Å².